The first-order chi connectivity index (χ1) is 19.1. The second-order valence-electron chi connectivity index (χ2n) is 10.6. The van der Waals surface area contributed by atoms with Gasteiger partial charge in [0.05, 0.1) is 16.8 Å². The third-order valence-corrected chi connectivity index (χ3v) is 7.97. The lowest BCUT2D eigenvalue weighted by atomic mass is 9.82. The van der Waals surface area contributed by atoms with Crippen molar-refractivity contribution in [3.8, 4) is 11.3 Å². The predicted octanol–water partition coefficient (Wildman–Crippen LogP) is 5.38. The van der Waals surface area contributed by atoms with E-state index in [-0.39, 0.29) is 23.9 Å². The minimum atomic E-state index is -5.29. The van der Waals surface area contributed by atoms with Gasteiger partial charge < -0.3 is 19.1 Å². The van der Waals surface area contributed by atoms with Crippen molar-refractivity contribution in [1.82, 2.24) is 14.4 Å². The highest BCUT2D eigenvalue weighted by molar-refractivity contribution is 6.02. The first kappa shape index (κ1) is 27.9. The number of benzene rings is 2. The van der Waals surface area contributed by atoms with Gasteiger partial charge in [0.25, 0.3) is 0 Å². The molecule has 7 nitrogen and oxygen atoms in total. The Kier molecular flexibility index (Phi) is 7.98. The van der Waals surface area contributed by atoms with Gasteiger partial charge in [0.2, 0.25) is 5.91 Å². The van der Waals surface area contributed by atoms with E-state index >= 15 is 0 Å². The predicted molar refractivity (Wildman–Crippen MR) is 144 cm³/mol. The summed E-state index contributed by atoms with van der Waals surface area (Å²) in [6, 6.07) is 14.3. The van der Waals surface area contributed by atoms with Crippen LogP contribution in [0.4, 0.5) is 13.2 Å². The van der Waals surface area contributed by atoms with Crippen molar-refractivity contribution in [2.75, 3.05) is 33.2 Å². The van der Waals surface area contributed by atoms with Crippen LogP contribution in [0, 0.1) is 0 Å². The molecule has 2 heterocycles. The summed E-state index contributed by atoms with van der Waals surface area (Å²) in [5.41, 5.74) is 3.24. The summed E-state index contributed by atoms with van der Waals surface area (Å²) in [7, 11) is 2.01. The van der Waals surface area contributed by atoms with Gasteiger partial charge in [-0.15, -0.1) is 0 Å². The van der Waals surface area contributed by atoms with E-state index < -0.39 is 18.1 Å². The molecule has 3 aromatic rings. The molecule has 2 fully saturated rings. The van der Waals surface area contributed by atoms with Crippen LogP contribution in [0.15, 0.2) is 48.5 Å². The first-order valence-corrected chi connectivity index (χ1v) is 13.6. The van der Waals surface area contributed by atoms with Crippen LogP contribution in [0.3, 0.4) is 0 Å². The number of hydrogen-bond acceptors (Lipinski definition) is 5. The summed E-state index contributed by atoms with van der Waals surface area (Å²) in [5.74, 6) is -3.79. The van der Waals surface area contributed by atoms with Crippen molar-refractivity contribution in [1.29, 1.82) is 0 Å². The normalized spacial score (nSPS) is 17.2. The fourth-order valence-electron chi connectivity index (χ4n) is 5.87. The zero-order valence-corrected chi connectivity index (χ0v) is 22.4. The standard InChI is InChI=1S/C30H32F3N3O4/c1-34-14-16-35(17-15-34)25(37)19-36-24-18-22(28(38)40-29(39)30(31,32)33)12-13-23(24)26(20-8-4-2-5-9-20)27(36)21-10-6-3-7-11-21/h3,6-7,10-13,18,20H,2,4-5,8-9,14-17,19H2,1H3. The van der Waals surface area contributed by atoms with E-state index in [9.17, 15) is 27.6 Å². The molecule has 5 rings (SSSR count). The van der Waals surface area contributed by atoms with Crippen LogP contribution >= 0.6 is 0 Å². The first-order valence-electron chi connectivity index (χ1n) is 13.6. The highest BCUT2D eigenvalue weighted by atomic mass is 19.4. The van der Waals surface area contributed by atoms with Gasteiger partial charge in [-0.2, -0.15) is 13.2 Å². The zero-order chi connectivity index (χ0) is 28.4. The molecule has 1 aliphatic heterocycles. The molecule has 0 radical (unpaired) electrons. The summed E-state index contributed by atoms with van der Waals surface area (Å²) in [6.45, 7) is 2.74. The van der Waals surface area contributed by atoms with E-state index in [1.54, 1.807) is 6.07 Å². The van der Waals surface area contributed by atoms with Crippen molar-refractivity contribution in [3.05, 3.63) is 59.7 Å². The molecule has 0 bridgehead atoms. The Morgan fingerprint density at radius 3 is 2.25 bits per heavy atom. The molecule has 0 unspecified atom stereocenters. The number of hydrogen-bond donors (Lipinski definition) is 0. The van der Waals surface area contributed by atoms with Gasteiger partial charge in [0.1, 0.15) is 6.54 Å². The van der Waals surface area contributed by atoms with E-state index in [1.807, 2.05) is 46.8 Å². The fourth-order valence-corrected chi connectivity index (χ4v) is 5.87. The molecule has 1 amide bonds. The number of likely N-dealkylation sites (N-methyl/N-ethyl adjacent to an activating group) is 1. The maximum Gasteiger partial charge on any atom is 0.491 e. The molecule has 1 aromatic heterocycles. The lowest BCUT2D eigenvalue weighted by Gasteiger charge is -2.32. The number of fused-ring (bicyclic) bond motifs is 1. The summed E-state index contributed by atoms with van der Waals surface area (Å²) in [6.07, 6.45) is -0.0134. The van der Waals surface area contributed by atoms with Crippen LogP contribution in [-0.2, 0) is 20.9 Å². The number of carbonyl (C=O) groups is 3. The molecule has 40 heavy (non-hydrogen) atoms. The maximum atomic E-state index is 13.6. The van der Waals surface area contributed by atoms with E-state index in [2.05, 4.69) is 9.64 Å². The van der Waals surface area contributed by atoms with E-state index in [4.69, 9.17) is 0 Å². The Labute approximate surface area is 230 Å². The lowest BCUT2D eigenvalue weighted by Crippen LogP contribution is -2.48. The topological polar surface area (TPSA) is 71.8 Å². The number of nitrogens with zero attached hydrogens (tertiary/aromatic N) is 3. The second kappa shape index (κ2) is 11.4. The van der Waals surface area contributed by atoms with Gasteiger partial charge in [-0.3, -0.25) is 4.79 Å². The van der Waals surface area contributed by atoms with Crippen LogP contribution in [0.5, 0.6) is 0 Å². The number of amides is 1. The van der Waals surface area contributed by atoms with E-state index in [0.717, 1.165) is 67.4 Å². The molecule has 0 N–H and O–H groups in total. The summed E-state index contributed by atoms with van der Waals surface area (Å²) in [5, 5.41) is 0.843. The smallest absolute Gasteiger partial charge is 0.383 e. The number of halogens is 3. The molecular formula is C30H32F3N3O4. The Balaban J connectivity index is 1.64. The lowest BCUT2D eigenvalue weighted by molar-refractivity contribution is -0.193. The molecule has 2 aliphatic rings. The maximum absolute atomic E-state index is 13.6. The Bertz CT molecular complexity index is 1400. The number of aromatic nitrogens is 1. The average Bonchev–Trinajstić information content (AvgIpc) is 3.27. The fraction of sp³-hybridized carbons (Fsp3) is 0.433. The molecular weight excluding hydrogens is 523 g/mol. The van der Waals surface area contributed by atoms with E-state index in [0.29, 0.717) is 18.6 Å². The molecule has 10 heteroatoms. The highest BCUT2D eigenvalue weighted by Crippen LogP contribution is 2.44. The van der Waals surface area contributed by atoms with E-state index in [1.165, 1.54) is 12.1 Å². The number of alkyl halides is 3. The minimum absolute atomic E-state index is 0.0111. The van der Waals surface area contributed by atoms with Gasteiger partial charge in [-0.25, -0.2) is 9.59 Å². The highest BCUT2D eigenvalue weighted by Gasteiger charge is 2.42. The Morgan fingerprint density at radius 1 is 0.925 bits per heavy atom. The third kappa shape index (κ3) is 5.77. The molecule has 0 atom stereocenters. The van der Waals surface area contributed by atoms with Crippen molar-refractivity contribution in [2.24, 2.45) is 0 Å². The minimum Gasteiger partial charge on any atom is -0.383 e. The number of rotatable bonds is 5. The summed E-state index contributed by atoms with van der Waals surface area (Å²) in [4.78, 5) is 41.5. The molecule has 2 aromatic carbocycles. The molecule has 1 saturated heterocycles. The molecule has 212 valence electrons. The van der Waals surface area contributed by atoms with Crippen LogP contribution < -0.4 is 0 Å². The number of carbonyl (C=O) groups excluding carboxylic acids is 3. The van der Waals surface area contributed by atoms with Gasteiger partial charge in [0.15, 0.2) is 0 Å². The Hall–Kier alpha value is -3.66. The SMILES string of the molecule is CN1CCN(C(=O)Cn2c(-c3ccccc3)c(C3CCCCC3)c3ccc(C(=O)OC(=O)C(F)(F)F)cc32)CC1. The van der Waals surface area contributed by atoms with Crippen molar-refractivity contribution in [2.45, 2.75) is 50.7 Å². The van der Waals surface area contributed by atoms with Crippen molar-refractivity contribution in [3.63, 3.8) is 0 Å². The number of ether oxygens (including phenoxy) is 1. The summed E-state index contributed by atoms with van der Waals surface area (Å²) < 4.78 is 44.3. The van der Waals surface area contributed by atoms with Crippen molar-refractivity contribution < 1.29 is 32.3 Å². The quantitative estimate of drug-likeness (QED) is 0.313. The largest absolute Gasteiger partial charge is 0.491 e. The van der Waals surface area contributed by atoms with Gasteiger partial charge in [0, 0.05) is 31.6 Å². The van der Waals surface area contributed by atoms with Crippen LogP contribution in [-0.4, -0.2) is 71.6 Å². The third-order valence-electron chi connectivity index (χ3n) is 7.97. The van der Waals surface area contributed by atoms with Crippen molar-refractivity contribution >= 4 is 28.7 Å². The van der Waals surface area contributed by atoms with Crippen LogP contribution in [0.25, 0.3) is 22.2 Å². The van der Waals surface area contributed by atoms with Gasteiger partial charge in [-0.05, 0) is 49.1 Å². The van der Waals surface area contributed by atoms with Gasteiger partial charge in [-0.1, -0.05) is 55.7 Å². The van der Waals surface area contributed by atoms with Gasteiger partial charge >= 0.3 is 18.1 Å². The number of esters is 2. The Morgan fingerprint density at radius 2 is 1.60 bits per heavy atom. The van der Waals surface area contributed by atoms with Crippen LogP contribution in [0.2, 0.25) is 0 Å². The molecule has 0 spiro atoms. The van der Waals surface area contributed by atoms with Crippen LogP contribution in [0.1, 0.15) is 53.9 Å². The molecule has 1 aliphatic carbocycles. The average molecular weight is 556 g/mol. The zero-order valence-electron chi connectivity index (χ0n) is 22.4. The monoisotopic (exact) mass is 555 g/mol. The summed E-state index contributed by atoms with van der Waals surface area (Å²) >= 11 is 0. The number of piperazine rings is 1. The molecule has 1 saturated carbocycles. The second-order valence-corrected chi connectivity index (χ2v) is 10.6.